The van der Waals surface area contributed by atoms with Crippen LogP contribution >= 0.6 is 88.7 Å². The lowest BCUT2D eigenvalue weighted by atomic mass is 10.0. The van der Waals surface area contributed by atoms with Gasteiger partial charge in [-0.05, 0) is 10.9 Å². The standard InChI is InChI=1S/C18H37Cl5N2P3S/c1-2-3-4-5-6-7-8-9-10-11-12-13-14-15-16-17-18-29-28(23)24-27(22)25(19)26(20)21/h2-18H2,1H3/q+1. The summed E-state index contributed by atoms with van der Waals surface area (Å²) in [6.45, 7) is -0.241. The van der Waals surface area contributed by atoms with Crippen LogP contribution in [0.15, 0.2) is 4.52 Å². The Hall–Kier alpha value is 2.72. The van der Waals surface area contributed by atoms with Crippen LogP contribution in [0.2, 0.25) is 0 Å². The number of hydrogen-bond donors (Lipinski definition) is 0. The first-order valence-corrected chi connectivity index (χ1v) is 20.2. The number of unbranched alkanes of at least 4 members (excludes halogenated alkanes) is 15. The molecule has 2 unspecified atom stereocenters. The molecule has 0 saturated heterocycles. The molecule has 11 heteroatoms. The normalized spacial score (nSPS) is 13.6. The molecule has 0 saturated carbocycles. The zero-order valence-electron chi connectivity index (χ0n) is 17.6. The molecule has 0 aliphatic carbocycles. The summed E-state index contributed by atoms with van der Waals surface area (Å²) in [7, 11) is -1.43. The van der Waals surface area contributed by atoms with Crippen molar-refractivity contribution in [3.8, 4) is 0 Å². The second-order valence-electron chi connectivity index (χ2n) is 7.15. The van der Waals surface area contributed by atoms with E-state index in [9.17, 15) is 0 Å². The van der Waals surface area contributed by atoms with Gasteiger partial charge in [-0.3, -0.25) is 0 Å². The van der Waals surface area contributed by atoms with Gasteiger partial charge in [-0.25, -0.2) is 0 Å². The Balaban J connectivity index is 3.32. The van der Waals surface area contributed by atoms with Crippen molar-refractivity contribution in [2.75, 3.05) is 5.75 Å². The van der Waals surface area contributed by atoms with E-state index >= 15 is 0 Å². The molecular formula is C18H37Cl5N2P3S+. The summed E-state index contributed by atoms with van der Waals surface area (Å²) in [4.78, 5) is 0. The third kappa shape index (κ3) is 22.3. The molecule has 0 rings (SSSR count). The lowest BCUT2D eigenvalue weighted by molar-refractivity contribution is 0.532. The molecule has 0 radical (unpaired) electrons. The van der Waals surface area contributed by atoms with Crippen molar-refractivity contribution >= 4 is 88.7 Å². The molecule has 174 valence electrons. The van der Waals surface area contributed by atoms with Crippen LogP contribution in [-0.4, -0.2) is 9.71 Å². The topological polar surface area (TPSA) is 15.6 Å². The van der Waals surface area contributed by atoms with Crippen LogP contribution in [0.3, 0.4) is 0 Å². The van der Waals surface area contributed by atoms with E-state index in [-0.39, 0.29) is 0 Å². The Morgan fingerprint density at radius 3 is 1.48 bits per heavy atom. The minimum atomic E-state index is -1.48. The van der Waals surface area contributed by atoms with Gasteiger partial charge in [-0.1, -0.05) is 148 Å². The predicted molar refractivity (Wildman–Crippen MR) is 146 cm³/mol. The summed E-state index contributed by atoms with van der Waals surface area (Å²) >= 11 is 31.2. The fraction of sp³-hybridized carbons (Fsp3) is 1.00. The highest BCUT2D eigenvalue weighted by Crippen LogP contribution is 2.68. The molecule has 0 aromatic rings. The quantitative estimate of drug-likeness (QED) is 0.0759. The van der Waals surface area contributed by atoms with Gasteiger partial charge in [0.15, 0.2) is 0 Å². The molecule has 0 aromatic carbocycles. The summed E-state index contributed by atoms with van der Waals surface area (Å²) in [5.41, 5.74) is 0. The molecule has 2 atom stereocenters. The van der Waals surface area contributed by atoms with Crippen LogP contribution in [0.4, 0.5) is 0 Å². The van der Waals surface area contributed by atoms with Crippen LogP contribution < -0.4 is 0 Å². The maximum Gasteiger partial charge on any atom is 0.446 e. The summed E-state index contributed by atoms with van der Waals surface area (Å²) in [6, 6.07) is 0. The van der Waals surface area contributed by atoms with Gasteiger partial charge in [0.25, 0.3) is 0 Å². The van der Waals surface area contributed by atoms with Gasteiger partial charge in [-0.2, -0.15) is 0 Å². The zero-order valence-corrected chi connectivity index (χ0v) is 24.8. The van der Waals surface area contributed by atoms with Crippen molar-refractivity contribution in [3.63, 3.8) is 0 Å². The molecule has 2 nitrogen and oxygen atoms in total. The van der Waals surface area contributed by atoms with E-state index in [2.05, 4.69) is 11.4 Å². The van der Waals surface area contributed by atoms with Gasteiger partial charge in [0.2, 0.25) is 24.6 Å². The number of nitrogens with zero attached hydrogens (tertiary/aromatic N) is 2. The van der Waals surface area contributed by atoms with Gasteiger partial charge < -0.3 is 0 Å². The SMILES string of the molecule is CCCCCCCCCCCCCCCCCCSP(Cl)N=[P+](Cl)N(Cl)P(Cl)Cl. The average molecular weight is 584 g/mol. The van der Waals surface area contributed by atoms with Gasteiger partial charge in [0, 0.05) is 21.5 Å². The smallest absolute Gasteiger partial charge is 0.0909 e. The van der Waals surface area contributed by atoms with Gasteiger partial charge in [0.05, 0.1) is 0 Å². The zero-order chi connectivity index (χ0) is 21.7. The Morgan fingerprint density at radius 1 is 0.724 bits per heavy atom. The van der Waals surface area contributed by atoms with E-state index in [4.69, 9.17) is 56.7 Å². The molecule has 0 aliphatic heterocycles. The minimum Gasteiger partial charge on any atom is -0.0909 e. The van der Waals surface area contributed by atoms with Crippen molar-refractivity contribution in [3.05, 3.63) is 0 Å². The van der Waals surface area contributed by atoms with Gasteiger partial charge in [0.1, 0.15) is 0 Å². The molecule has 0 aromatic heterocycles. The molecule has 0 amide bonds. The Bertz CT molecular complexity index is 399. The van der Waals surface area contributed by atoms with Gasteiger partial charge in [-0.15, -0.1) is 0 Å². The molecule has 0 heterocycles. The lowest BCUT2D eigenvalue weighted by Crippen LogP contribution is -1.84. The molecule has 0 spiro atoms. The summed E-state index contributed by atoms with van der Waals surface area (Å²) in [6.07, 6.45) is 22.1. The molecule has 0 aliphatic rings. The highest BCUT2D eigenvalue weighted by Gasteiger charge is 2.30. The first-order valence-electron chi connectivity index (χ1n) is 10.8. The number of rotatable bonds is 21. The monoisotopic (exact) mass is 581 g/mol. The third-order valence-electron chi connectivity index (χ3n) is 4.60. The van der Waals surface area contributed by atoms with E-state index in [1.54, 1.807) is 11.4 Å². The van der Waals surface area contributed by atoms with Crippen molar-refractivity contribution in [1.29, 1.82) is 0 Å². The Kier molecular flexibility index (Phi) is 26.1. The van der Waals surface area contributed by atoms with E-state index in [0.717, 1.165) is 5.75 Å². The van der Waals surface area contributed by atoms with E-state index in [1.165, 1.54) is 107 Å². The van der Waals surface area contributed by atoms with Crippen molar-refractivity contribution in [2.24, 2.45) is 4.52 Å². The van der Waals surface area contributed by atoms with Crippen LogP contribution in [0.25, 0.3) is 0 Å². The van der Waals surface area contributed by atoms with E-state index in [0.29, 0.717) is 0 Å². The fourth-order valence-corrected chi connectivity index (χ4v) is 12.2. The summed E-state index contributed by atoms with van der Waals surface area (Å²) < 4.78 is 5.44. The molecular weight excluding hydrogens is 546 g/mol. The van der Waals surface area contributed by atoms with E-state index in [1.807, 2.05) is 0 Å². The van der Waals surface area contributed by atoms with Crippen molar-refractivity contribution in [1.82, 2.24) is 3.96 Å². The third-order valence-corrected chi connectivity index (χ3v) is 15.8. The largest absolute Gasteiger partial charge is 0.446 e. The second-order valence-corrected chi connectivity index (χ2v) is 18.5. The Morgan fingerprint density at radius 2 is 1.10 bits per heavy atom. The van der Waals surface area contributed by atoms with Gasteiger partial charge >= 0.3 is 7.22 Å². The number of halogens is 5. The highest BCUT2D eigenvalue weighted by molar-refractivity contribution is 8.62. The average Bonchev–Trinajstić information content (AvgIpc) is 2.69. The van der Waals surface area contributed by atoms with E-state index < -0.39 is 20.6 Å². The predicted octanol–water partition coefficient (Wildman–Crippen LogP) is 13.3. The molecule has 0 fully saturated rings. The van der Waals surface area contributed by atoms with Crippen LogP contribution in [0, 0.1) is 0 Å². The molecule has 0 bridgehead atoms. The summed E-state index contributed by atoms with van der Waals surface area (Å²) in [5.74, 6) is 1.01. The molecule has 0 N–H and O–H groups in total. The van der Waals surface area contributed by atoms with Crippen LogP contribution in [0.1, 0.15) is 110 Å². The van der Waals surface area contributed by atoms with Crippen molar-refractivity contribution < 1.29 is 0 Å². The first kappa shape index (κ1) is 31.7. The first-order chi connectivity index (χ1) is 14.0. The van der Waals surface area contributed by atoms with Crippen LogP contribution in [-0.2, 0) is 0 Å². The maximum absolute atomic E-state index is 6.22. The second kappa shape index (κ2) is 23.9. The van der Waals surface area contributed by atoms with Crippen LogP contribution in [0.5, 0.6) is 0 Å². The van der Waals surface area contributed by atoms with Crippen molar-refractivity contribution in [2.45, 2.75) is 110 Å². The maximum atomic E-state index is 6.22. The highest BCUT2D eigenvalue weighted by atomic mass is 35.9. The number of hydrogen-bond acceptors (Lipinski definition) is 2. The molecule has 29 heavy (non-hydrogen) atoms. The fourth-order valence-electron chi connectivity index (χ4n) is 2.96. The Labute approximate surface area is 211 Å². The lowest BCUT2D eigenvalue weighted by Gasteiger charge is -2.04. The minimum absolute atomic E-state index is 1.01. The summed E-state index contributed by atoms with van der Waals surface area (Å²) in [5, 5.41) is 0.